The molecule has 7 heteroatoms. The van der Waals surface area contributed by atoms with Crippen molar-refractivity contribution in [2.24, 2.45) is 0 Å². The number of aliphatic hydroxyl groups excluding tert-OH is 1. The number of aromatic nitrogens is 1. The lowest BCUT2D eigenvalue weighted by Gasteiger charge is -2.25. The molecule has 6 nitrogen and oxygen atoms in total. The van der Waals surface area contributed by atoms with Crippen LogP contribution >= 0.6 is 11.3 Å². The molecule has 2 atom stereocenters. The van der Waals surface area contributed by atoms with Crippen LogP contribution in [0.2, 0.25) is 0 Å². The highest BCUT2D eigenvalue weighted by Gasteiger charge is 2.32. The molecule has 0 bridgehead atoms. The van der Waals surface area contributed by atoms with Gasteiger partial charge in [0.25, 0.3) is 5.91 Å². The summed E-state index contributed by atoms with van der Waals surface area (Å²) in [6, 6.07) is 3.52. The molecule has 0 radical (unpaired) electrons. The molecule has 1 amide bonds. The van der Waals surface area contributed by atoms with E-state index in [0.29, 0.717) is 31.0 Å². The van der Waals surface area contributed by atoms with Crippen molar-refractivity contribution in [1.29, 1.82) is 0 Å². The van der Waals surface area contributed by atoms with Crippen LogP contribution in [-0.4, -0.2) is 40.6 Å². The van der Waals surface area contributed by atoms with Crippen molar-refractivity contribution in [3.8, 4) is 0 Å². The van der Waals surface area contributed by atoms with E-state index in [9.17, 15) is 9.90 Å². The summed E-state index contributed by atoms with van der Waals surface area (Å²) in [7, 11) is 1.61. The molecule has 1 aliphatic rings. The minimum absolute atomic E-state index is 0.00942. The largest absolute Gasteiger partial charge is 0.467 e. The fraction of sp³-hybridized carbons (Fsp3) is 0.500. The molecule has 0 aromatic carbocycles. The molecule has 23 heavy (non-hydrogen) atoms. The number of nitrogens with zero attached hydrogens (tertiary/aromatic N) is 2. The van der Waals surface area contributed by atoms with Gasteiger partial charge in [-0.25, -0.2) is 4.98 Å². The first kappa shape index (κ1) is 16.2. The molecule has 3 heterocycles. The molecule has 2 unspecified atom stereocenters. The van der Waals surface area contributed by atoms with Gasteiger partial charge in [0.15, 0.2) is 0 Å². The molecule has 1 saturated heterocycles. The molecule has 3 rings (SSSR count). The van der Waals surface area contributed by atoms with Crippen molar-refractivity contribution < 1.29 is 19.1 Å². The fourth-order valence-electron chi connectivity index (χ4n) is 2.95. The van der Waals surface area contributed by atoms with Gasteiger partial charge in [0, 0.05) is 31.5 Å². The number of carbonyl (C=O) groups is 1. The Kier molecular flexibility index (Phi) is 5.09. The summed E-state index contributed by atoms with van der Waals surface area (Å²) >= 11 is 1.43. The molecule has 2 aromatic heterocycles. The van der Waals surface area contributed by atoms with E-state index >= 15 is 0 Å². The third-order valence-electron chi connectivity index (χ3n) is 4.04. The van der Waals surface area contributed by atoms with Crippen molar-refractivity contribution in [1.82, 2.24) is 9.88 Å². The number of hydrogen-bond donors (Lipinski definition) is 1. The summed E-state index contributed by atoms with van der Waals surface area (Å²) in [6.45, 7) is 1.12. The van der Waals surface area contributed by atoms with Crippen molar-refractivity contribution in [2.75, 3.05) is 13.7 Å². The van der Waals surface area contributed by atoms with Crippen molar-refractivity contribution in [3.05, 3.63) is 40.2 Å². The van der Waals surface area contributed by atoms with Crippen LogP contribution in [0.1, 0.15) is 46.6 Å². The first-order valence-electron chi connectivity index (χ1n) is 7.65. The lowest BCUT2D eigenvalue weighted by Crippen LogP contribution is -2.36. The number of thiazole rings is 1. The Morgan fingerprint density at radius 1 is 1.65 bits per heavy atom. The molecule has 0 spiro atoms. The van der Waals surface area contributed by atoms with Gasteiger partial charge in [0.05, 0.1) is 12.9 Å². The van der Waals surface area contributed by atoms with Gasteiger partial charge < -0.3 is 19.2 Å². The van der Waals surface area contributed by atoms with Crippen LogP contribution in [0.3, 0.4) is 0 Å². The lowest BCUT2D eigenvalue weighted by molar-refractivity contribution is 0.0636. The van der Waals surface area contributed by atoms with Gasteiger partial charge in [0.2, 0.25) is 0 Å². The second-order valence-electron chi connectivity index (χ2n) is 5.62. The number of aliphatic hydroxyl groups is 1. The number of methoxy groups -OCH3 is 1. The Labute approximate surface area is 138 Å². The molecule has 1 aliphatic heterocycles. The maximum absolute atomic E-state index is 12.7. The number of ether oxygens (including phenoxy) is 1. The van der Waals surface area contributed by atoms with Gasteiger partial charge in [-0.2, -0.15) is 0 Å². The highest BCUT2D eigenvalue weighted by atomic mass is 32.1. The van der Waals surface area contributed by atoms with E-state index in [4.69, 9.17) is 9.15 Å². The SMILES string of the molecule is COCc1nc(C(=O)N2CCCC2CC(O)c2ccco2)cs1. The maximum atomic E-state index is 12.7. The van der Waals surface area contributed by atoms with Crippen molar-refractivity contribution in [2.45, 2.75) is 38.0 Å². The molecular weight excluding hydrogens is 316 g/mol. The summed E-state index contributed by atoms with van der Waals surface area (Å²) in [5.41, 5.74) is 0.460. The highest BCUT2D eigenvalue weighted by Crippen LogP contribution is 2.29. The molecule has 0 saturated carbocycles. The first-order valence-corrected chi connectivity index (χ1v) is 8.52. The predicted octanol–water partition coefficient (Wildman–Crippen LogP) is 2.61. The summed E-state index contributed by atoms with van der Waals surface area (Å²) in [6.07, 6.45) is 3.16. The quantitative estimate of drug-likeness (QED) is 0.877. The Balaban J connectivity index is 1.66. The lowest BCUT2D eigenvalue weighted by atomic mass is 10.0. The number of likely N-dealkylation sites (tertiary alicyclic amines) is 1. The molecular formula is C16H20N2O4S. The van der Waals surface area contributed by atoms with E-state index in [2.05, 4.69) is 4.98 Å². The zero-order valence-corrected chi connectivity index (χ0v) is 13.8. The first-order chi connectivity index (χ1) is 11.2. The summed E-state index contributed by atoms with van der Waals surface area (Å²) in [5, 5.41) is 12.8. The Morgan fingerprint density at radius 3 is 3.26 bits per heavy atom. The fourth-order valence-corrected chi connectivity index (χ4v) is 3.69. The van der Waals surface area contributed by atoms with E-state index in [1.54, 1.807) is 30.9 Å². The number of carbonyl (C=O) groups excluding carboxylic acids is 1. The predicted molar refractivity (Wildman–Crippen MR) is 85.2 cm³/mol. The Bertz CT molecular complexity index is 640. The third kappa shape index (κ3) is 3.63. The van der Waals surface area contributed by atoms with Crippen LogP contribution in [0.4, 0.5) is 0 Å². The van der Waals surface area contributed by atoms with Crippen molar-refractivity contribution >= 4 is 17.2 Å². The standard InChI is InChI=1S/C16H20N2O4S/c1-21-9-15-17-12(10-23-15)16(20)18-6-2-4-11(18)8-13(19)14-5-3-7-22-14/h3,5,7,10-11,13,19H,2,4,6,8-9H2,1H3. The van der Waals surface area contributed by atoms with Gasteiger partial charge in [-0.15, -0.1) is 11.3 Å². The van der Waals surface area contributed by atoms with E-state index in [1.807, 2.05) is 4.90 Å². The average Bonchev–Trinajstić information content (AvgIpc) is 3.28. The normalized spacial score (nSPS) is 19.2. The topological polar surface area (TPSA) is 75.8 Å². The van der Waals surface area contributed by atoms with Crippen LogP contribution in [0, 0.1) is 0 Å². The molecule has 2 aromatic rings. The minimum atomic E-state index is -0.692. The van der Waals surface area contributed by atoms with E-state index < -0.39 is 6.10 Å². The van der Waals surface area contributed by atoms with Gasteiger partial charge in [-0.3, -0.25) is 4.79 Å². The monoisotopic (exact) mass is 336 g/mol. The smallest absolute Gasteiger partial charge is 0.273 e. The molecule has 1 N–H and O–H groups in total. The van der Waals surface area contributed by atoms with Gasteiger partial charge in [-0.1, -0.05) is 0 Å². The number of rotatable bonds is 6. The van der Waals surface area contributed by atoms with E-state index in [1.165, 1.54) is 11.3 Å². The van der Waals surface area contributed by atoms with Crippen LogP contribution in [-0.2, 0) is 11.3 Å². The molecule has 0 aliphatic carbocycles. The third-order valence-corrected chi connectivity index (χ3v) is 4.87. The second-order valence-corrected chi connectivity index (χ2v) is 6.56. The number of furan rings is 1. The van der Waals surface area contributed by atoms with Crippen LogP contribution in [0.15, 0.2) is 28.2 Å². The summed E-state index contributed by atoms with van der Waals surface area (Å²) in [5.74, 6) is 0.470. The minimum Gasteiger partial charge on any atom is -0.467 e. The second kappa shape index (κ2) is 7.25. The maximum Gasteiger partial charge on any atom is 0.273 e. The molecule has 1 fully saturated rings. The van der Waals surface area contributed by atoms with Crippen LogP contribution in [0.25, 0.3) is 0 Å². The number of amides is 1. The highest BCUT2D eigenvalue weighted by molar-refractivity contribution is 7.09. The zero-order valence-electron chi connectivity index (χ0n) is 13.0. The van der Waals surface area contributed by atoms with Crippen LogP contribution in [0.5, 0.6) is 0 Å². The Hall–Kier alpha value is -1.70. The summed E-state index contributed by atoms with van der Waals surface area (Å²) in [4.78, 5) is 18.8. The van der Waals surface area contributed by atoms with Gasteiger partial charge >= 0.3 is 0 Å². The average molecular weight is 336 g/mol. The summed E-state index contributed by atoms with van der Waals surface area (Å²) < 4.78 is 10.3. The van der Waals surface area contributed by atoms with Crippen molar-refractivity contribution in [3.63, 3.8) is 0 Å². The molecule has 124 valence electrons. The van der Waals surface area contributed by atoms with Crippen LogP contribution < -0.4 is 0 Å². The van der Waals surface area contributed by atoms with E-state index in [0.717, 1.165) is 17.8 Å². The van der Waals surface area contributed by atoms with E-state index in [-0.39, 0.29) is 11.9 Å². The zero-order chi connectivity index (χ0) is 16.2. The van der Waals surface area contributed by atoms with Gasteiger partial charge in [-0.05, 0) is 25.0 Å². The Morgan fingerprint density at radius 2 is 2.52 bits per heavy atom. The number of hydrogen-bond acceptors (Lipinski definition) is 6. The van der Waals surface area contributed by atoms with Gasteiger partial charge in [0.1, 0.15) is 22.6 Å².